The topological polar surface area (TPSA) is 77.2 Å². The Labute approximate surface area is 148 Å². The van der Waals surface area contributed by atoms with Crippen molar-refractivity contribution in [3.63, 3.8) is 0 Å². The Hall–Kier alpha value is -2.37. The zero-order valence-electron chi connectivity index (χ0n) is 14.9. The van der Waals surface area contributed by atoms with Gasteiger partial charge in [-0.15, -0.1) is 0 Å². The summed E-state index contributed by atoms with van der Waals surface area (Å²) in [6, 6.07) is 5.80. The number of amides is 1. The van der Waals surface area contributed by atoms with Gasteiger partial charge in [-0.3, -0.25) is 4.79 Å². The lowest BCUT2D eigenvalue weighted by Crippen LogP contribution is -2.28. The predicted molar refractivity (Wildman–Crippen MR) is 93.4 cm³/mol. The first-order chi connectivity index (χ1) is 12.1. The van der Waals surface area contributed by atoms with Gasteiger partial charge in [0.2, 0.25) is 5.89 Å². The normalized spacial score (nSPS) is 15.1. The first-order valence-corrected chi connectivity index (χ1v) is 8.91. The van der Waals surface area contributed by atoms with Crippen LogP contribution >= 0.6 is 0 Å². The van der Waals surface area contributed by atoms with Gasteiger partial charge in [0, 0.05) is 5.92 Å². The predicted octanol–water partition coefficient (Wildman–Crippen LogP) is 3.43. The number of aromatic nitrogens is 2. The highest BCUT2D eigenvalue weighted by atomic mass is 16.5. The molecule has 6 nitrogen and oxygen atoms in total. The highest BCUT2D eigenvalue weighted by molar-refractivity contribution is 5.77. The van der Waals surface area contributed by atoms with Crippen LogP contribution in [0.15, 0.2) is 22.7 Å². The van der Waals surface area contributed by atoms with Crippen molar-refractivity contribution >= 4 is 5.91 Å². The van der Waals surface area contributed by atoms with Crippen LogP contribution in [0.5, 0.6) is 5.75 Å². The van der Waals surface area contributed by atoms with E-state index in [2.05, 4.69) is 15.5 Å². The SMILES string of the molecule is Cc1cccc(OCC(=O)NCc2nc(C3CCCCC3)no2)c1C. The quantitative estimate of drug-likeness (QED) is 0.869. The Morgan fingerprint density at radius 3 is 2.88 bits per heavy atom. The maximum Gasteiger partial charge on any atom is 0.258 e. The van der Waals surface area contributed by atoms with E-state index in [0.29, 0.717) is 11.8 Å². The maximum absolute atomic E-state index is 12.0. The molecule has 1 N–H and O–H groups in total. The van der Waals surface area contributed by atoms with Crippen molar-refractivity contribution in [2.45, 2.75) is 58.4 Å². The number of aryl methyl sites for hydroxylation is 1. The number of hydrogen-bond acceptors (Lipinski definition) is 5. The molecule has 1 saturated carbocycles. The van der Waals surface area contributed by atoms with Crippen LogP contribution < -0.4 is 10.1 Å². The third-order valence-electron chi connectivity index (χ3n) is 4.80. The second-order valence-corrected chi connectivity index (χ2v) is 6.64. The number of nitrogens with one attached hydrogen (secondary N) is 1. The lowest BCUT2D eigenvalue weighted by Gasteiger charge is -2.17. The molecule has 1 aliphatic carbocycles. The molecule has 2 aromatic rings. The maximum atomic E-state index is 12.0. The summed E-state index contributed by atoms with van der Waals surface area (Å²) in [7, 11) is 0. The van der Waals surface area contributed by atoms with Crippen LogP contribution in [-0.4, -0.2) is 22.7 Å². The molecule has 6 heteroatoms. The lowest BCUT2D eigenvalue weighted by molar-refractivity contribution is -0.123. The van der Waals surface area contributed by atoms with Crippen LogP contribution in [0.3, 0.4) is 0 Å². The van der Waals surface area contributed by atoms with E-state index >= 15 is 0 Å². The number of nitrogens with zero attached hydrogens (tertiary/aromatic N) is 2. The average molecular weight is 343 g/mol. The molecule has 0 bridgehead atoms. The minimum atomic E-state index is -0.210. The Morgan fingerprint density at radius 2 is 2.08 bits per heavy atom. The fourth-order valence-electron chi connectivity index (χ4n) is 3.12. The fraction of sp³-hybridized carbons (Fsp3) is 0.526. The molecule has 3 rings (SSSR count). The van der Waals surface area contributed by atoms with E-state index < -0.39 is 0 Å². The van der Waals surface area contributed by atoms with E-state index in [-0.39, 0.29) is 19.1 Å². The van der Waals surface area contributed by atoms with E-state index in [4.69, 9.17) is 9.26 Å². The number of carbonyl (C=O) groups excluding carboxylic acids is 1. The highest BCUT2D eigenvalue weighted by Gasteiger charge is 2.21. The van der Waals surface area contributed by atoms with Gasteiger partial charge in [0.1, 0.15) is 5.75 Å². The molecule has 1 aromatic carbocycles. The molecule has 0 aliphatic heterocycles. The van der Waals surface area contributed by atoms with Gasteiger partial charge in [-0.2, -0.15) is 4.98 Å². The zero-order valence-corrected chi connectivity index (χ0v) is 14.9. The van der Waals surface area contributed by atoms with Crippen LogP contribution in [0.4, 0.5) is 0 Å². The fourth-order valence-corrected chi connectivity index (χ4v) is 3.12. The molecular weight excluding hydrogens is 318 g/mol. The van der Waals surface area contributed by atoms with Crippen molar-refractivity contribution in [3.8, 4) is 5.75 Å². The second kappa shape index (κ2) is 8.14. The number of ether oxygens (including phenoxy) is 1. The summed E-state index contributed by atoms with van der Waals surface area (Å²) in [6.07, 6.45) is 5.98. The Morgan fingerprint density at radius 1 is 1.28 bits per heavy atom. The third kappa shape index (κ3) is 4.59. The third-order valence-corrected chi connectivity index (χ3v) is 4.80. The summed E-state index contributed by atoms with van der Waals surface area (Å²) in [4.78, 5) is 16.4. The highest BCUT2D eigenvalue weighted by Crippen LogP contribution is 2.30. The van der Waals surface area contributed by atoms with Gasteiger partial charge in [-0.1, -0.05) is 36.6 Å². The summed E-state index contributed by atoms with van der Waals surface area (Å²) in [5.41, 5.74) is 2.18. The molecule has 25 heavy (non-hydrogen) atoms. The molecule has 1 amide bonds. The molecule has 1 aliphatic rings. The summed E-state index contributed by atoms with van der Waals surface area (Å²) < 4.78 is 10.8. The molecular formula is C19H25N3O3. The standard InChI is InChI=1S/C19H25N3O3/c1-13-7-6-10-16(14(13)2)24-12-17(23)20-11-18-21-19(22-25-18)15-8-4-3-5-9-15/h6-7,10,15H,3-5,8-9,11-12H2,1-2H3,(H,20,23). The molecule has 134 valence electrons. The molecule has 0 saturated heterocycles. The Kier molecular flexibility index (Phi) is 5.68. The van der Waals surface area contributed by atoms with E-state index in [0.717, 1.165) is 35.5 Å². The smallest absolute Gasteiger partial charge is 0.258 e. The summed E-state index contributed by atoms with van der Waals surface area (Å²) in [6.45, 7) is 4.19. The van der Waals surface area contributed by atoms with Gasteiger partial charge in [0.15, 0.2) is 12.4 Å². The van der Waals surface area contributed by atoms with E-state index in [1.54, 1.807) is 0 Å². The van der Waals surface area contributed by atoms with Crippen molar-refractivity contribution in [2.75, 3.05) is 6.61 Å². The largest absolute Gasteiger partial charge is 0.483 e. The van der Waals surface area contributed by atoms with Crippen LogP contribution in [0.25, 0.3) is 0 Å². The number of hydrogen-bond donors (Lipinski definition) is 1. The van der Waals surface area contributed by atoms with E-state index in [1.807, 2.05) is 32.0 Å². The first kappa shape index (κ1) is 17.5. The van der Waals surface area contributed by atoms with Crippen molar-refractivity contribution in [2.24, 2.45) is 0 Å². The van der Waals surface area contributed by atoms with Gasteiger partial charge in [-0.25, -0.2) is 0 Å². The van der Waals surface area contributed by atoms with Crippen molar-refractivity contribution in [3.05, 3.63) is 41.0 Å². The van der Waals surface area contributed by atoms with Gasteiger partial charge in [0.25, 0.3) is 5.91 Å². The minimum absolute atomic E-state index is 0.0338. The van der Waals surface area contributed by atoms with Gasteiger partial charge < -0.3 is 14.6 Å². The summed E-state index contributed by atoms with van der Waals surface area (Å²) in [5, 5.41) is 6.82. The van der Waals surface area contributed by atoms with Gasteiger partial charge >= 0.3 is 0 Å². The second-order valence-electron chi connectivity index (χ2n) is 6.64. The molecule has 0 spiro atoms. The van der Waals surface area contributed by atoms with Crippen molar-refractivity contribution in [1.82, 2.24) is 15.5 Å². The number of carbonyl (C=O) groups is 1. The Bertz CT molecular complexity index is 720. The number of benzene rings is 1. The van der Waals surface area contributed by atoms with Gasteiger partial charge in [-0.05, 0) is 43.9 Å². The summed E-state index contributed by atoms with van der Waals surface area (Å²) in [5.74, 6) is 2.14. The van der Waals surface area contributed by atoms with Crippen LogP contribution in [-0.2, 0) is 11.3 Å². The van der Waals surface area contributed by atoms with E-state index in [9.17, 15) is 4.79 Å². The molecule has 1 heterocycles. The summed E-state index contributed by atoms with van der Waals surface area (Å²) >= 11 is 0. The van der Waals surface area contributed by atoms with Crippen LogP contribution in [0.2, 0.25) is 0 Å². The molecule has 1 aromatic heterocycles. The lowest BCUT2D eigenvalue weighted by atomic mass is 9.89. The van der Waals surface area contributed by atoms with Crippen molar-refractivity contribution in [1.29, 1.82) is 0 Å². The first-order valence-electron chi connectivity index (χ1n) is 8.91. The average Bonchev–Trinajstić information content (AvgIpc) is 3.11. The Balaban J connectivity index is 1.46. The van der Waals surface area contributed by atoms with Crippen LogP contribution in [0.1, 0.15) is 60.9 Å². The van der Waals surface area contributed by atoms with E-state index in [1.165, 1.54) is 19.3 Å². The minimum Gasteiger partial charge on any atom is -0.483 e. The zero-order chi connectivity index (χ0) is 17.6. The van der Waals surface area contributed by atoms with Gasteiger partial charge in [0.05, 0.1) is 6.54 Å². The van der Waals surface area contributed by atoms with Crippen LogP contribution in [0, 0.1) is 13.8 Å². The van der Waals surface area contributed by atoms with Crippen molar-refractivity contribution < 1.29 is 14.1 Å². The molecule has 0 atom stereocenters. The monoisotopic (exact) mass is 343 g/mol. The molecule has 0 unspecified atom stereocenters. The molecule has 1 fully saturated rings. The molecule has 0 radical (unpaired) electrons. The number of rotatable bonds is 6.